The third kappa shape index (κ3) is 14.0. The van der Waals surface area contributed by atoms with E-state index in [1.165, 1.54) is 19.1 Å². The van der Waals surface area contributed by atoms with Crippen LogP contribution in [0.15, 0.2) is 29.3 Å². The van der Waals surface area contributed by atoms with Crippen molar-refractivity contribution < 1.29 is 34.2 Å². The van der Waals surface area contributed by atoms with Gasteiger partial charge < -0.3 is 48.7 Å². The molecule has 0 heterocycles. The van der Waals surface area contributed by atoms with Crippen molar-refractivity contribution in [3.8, 4) is 5.75 Å². The van der Waals surface area contributed by atoms with Crippen LogP contribution < -0.4 is 38.5 Å². The molecule has 0 aliphatic rings. The van der Waals surface area contributed by atoms with Crippen molar-refractivity contribution in [2.24, 2.45) is 28.1 Å². The number of carboxylic acids is 1. The van der Waals surface area contributed by atoms with E-state index in [2.05, 4.69) is 26.3 Å². The summed E-state index contributed by atoms with van der Waals surface area (Å²) in [6, 6.07) is 1.97. The first-order valence-corrected chi connectivity index (χ1v) is 13.2. The summed E-state index contributed by atoms with van der Waals surface area (Å²) in [5, 5.41) is 28.6. The zero-order valence-corrected chi connectivity index (χ0v) is 23.6. The second-order valence-electron chi connectivity index (χ2n) is 10.0. The van der Waals surface area contributed by atoms with Crippen LogP contribution in [-0.4, -0.2) is 83.0 Å². The quantitative estimate of drug-likeness (QED) is 0.0559. The van der Waals surface area contributed by atoms with Crippen LogP contribution in [0.25, 0.3) is 0 Å². The number of aromatic hydroxyl groups is 1. The summed E-state index contributed by atoms with van der Waals surface area (Å²) in [6.45, 7) is 4.79. The van der Waals surface area contributed by atoms with Crippen LogP contribution in [-0.2, 0) is 30.4 Å². The van der Waals surface area contributed by atoms with Gasteiger partial charge in [0.25, 0.3) is 0 Å². The van der Waals surface area contributed by atoms with E-state index in [1.54, 1.807) is 12.1 Å². The first-order chi connectivity index (χ1) is 19.2. The minimum atomic E-state index is -1.25. The average Bonchev–Trinajstić information content (AvgIpc) is 2.89. The Morgan fingerprint density at radius 1 is 0.902 bits per heavy atom. The van der Waals surface area contributed by atoms with Crippen molar-refractivity contribution in [2.75, 3.05) is 13.1 Å². The molecule has 0 aromatic heterocycles. The highest BCUT2D eigenvalue weighted by molar-refractivity contribution is 5.93. The van der Waals surface area contributed by atoms with Crippen LogP contribution >= 0.6 is 0 Å². The van der Waals surface area contributed by atoms with Gasteiger partial charge >= 0.3 is 5.97 Å². The van der Waals surface area contributed by atoms with Gasteiger partial charge in [-0.2, -0.15) is 0 Å². The van der Waals surface area contributed by atoms with Crippen LogP contribution in [0.1, 0.15) is 45.6 Å². The molecule has 0 aliphatic heterocycles. The highest BCUT2D eigenvalue weighted by atomic mass is 16.4. The number of hydrogen-bond donors (Lipinski definition) is 9. The molecule has 4 atom stereocenters. The van der Waals surface area contributed by atoms with Crippen molar-refractivity contribution in [3.63, 3.8) is 0 Å². The Kier molecular flexibility index (Phi) is 14.6. The number of nitrogens with zero attached hydrogens (tertiary/aromatic N) is 1. The van der Waals surface area contributed by atoms with Gasteiger partial charge in [0.05, 0.1) is 12.6 Å². The monoisotopic (exact) mass is 578 g/mol. The van der Waals surface area contributed by atoms with Crippen LogP contribution in [0.2, 0.25) is 0 Å². The van der Waals surface area contributed by atoms with Crippen LogP contribution in [0, 0.1) is 5.92 Å². The molecule has 0 spiro atoms. The number of nitrogens with two attached hydrogens (primary N) is 3. The minimum Gasteiger partial charge on any atom is -0.508 e. The Balaban J connectivity index is 2.62. The zero-order valence-electron chi connectivity index (χ0n) is 23.6. The number of nitrogens with one attached hydrogen (secondary N) is 4. The van der Waals surface area contributed by atoms with E-state index in [0.717, 1.165) is 5.56 Å². The van der Waals surface area contributed by atoms with E-state index in [4.69, 9.17) is 17.2 Å². The third-order valence-corrected chi connectivity index (χ3v) is 5.82. The van der Waals surface area contributed by atoms with Crippen molar-refractivity contribution in [3.05, 3.63) is 29.8 Å². The maximum Gasteiger partial charge on any atom is 0.326 e. The first-order valence-electron chi connectivity index (χ1n) is 13.2. The summed E-state index contributed by atoms with van der Waals surface area (Å²) < 4.78 is 0. The SMILES string of the molecule is CC(C)CC(NC(=O)CNC(=O)C(C)NC(=O)C(N)Cc1ccc(O)cc1)C(=O)NC(CCCN=C(N)N)C(=O)O. The maximum absolute atomic E-state index is 12.8. The number of amides is 4. The number of carbonyl (C=O) groups excluding carboxylic acids is 4. The Hall–Kier alpha value is -4.40. The lowest BCUT2D eigenvalue weighted by atomic mass is 10.0. The number of aliphatic imine (C=N–C) groups is 1. The second-order valence-corrected chi connectivity index (χ2v) is 10.0. The summed E-state index contributed by atoms with van der Waals surface area (Å²) >= 11 is 0. The van der Waals surface area contributed by atoms with Gasteiger partial charge in [0.2, 0.25) is 23.6 Å². The fourth-order valence-corrected chi connectivity index (χ4v) is 3.67. The van der Waals surface area contributed by atoms with E-state index in [-0.39, 0.29) is 43.4 Å². The lowest BCUT2D eigenvalue weighted by molar-refractivity contribution is -0.142. The van der Waals surface area contributed by atoms with Crippen LogP contribution in [0.4, 0.5) is 0 Å². The third-order valence-electron chi connectivity index (χ3n) is 5.82. The lowest BCUT2D eigenvalue weighted by Crippen LogP contribution is -2.55. The molecule has 0 saturated heterocycles. The molecule has 15 nitrogen and oxygen atoms in total. The van der Waals surface area contributed by atoms with Gasteiger partial charge in [-0.3, -0.25) is 24.2 Å². The zero-order chi connectivity index (χ0) is 31.1. The molecule has 0 radical (unpaired) electrons. The predicted octanol–water partition coefficient (Wildman–Crippen LogP) is -1.96. The normalized spacial score (nSPS) is 13.7. The van der Waals surface area contributed by atoms with Gasteiger partial charge in [-0.05, 0) is 56.2 Å². The highest BCUT2D eigenvalue weighted by Crippen LogP contribution is 2.11. The molecule has 0 bridgehead atoms. The highest BCUT2D eigenvalue weighted by Gasteiger charge is 2.27. The standard InChI is InChI=1S/C26H42N8O7/c1-14(2)11-20(24(39)34-19(25(40)41)5-4-10-30-26(28)29)33-21(36)13-31-22(37)15(3)32-23(38)18(27)12-16-6-8-17(35)9-7-16/h6-9,14-15,18-20,35H,4-5,10-13,27H2,1-3H3,(H,31,37)(H,32,38)(H,33,36)(H,34,39)(H,40,41)(H4,28,29,30). The maximum atomic E-state index is 12.8. The number of phenolic OH excluding ortho intramolecular Hbond substituents is 1. The van der Waals surface area contributed by atoms with Crippen LogP contribution in [0.3, 0.4) is 0 Å². The van der Waals surface area contributed by atoms with Crippen molar-refractivity contribution in [1.29, 1.82) is 0 Å². The molecule has 12 N–H and O–H groups in total. The number of phenols is 1. The number of guanidine groups is 1. The van der Waals surface area contributed by atoms with Crippen molar-refractivity contribution >= 4 is 35.6 Å². The Bertz CT molecular complexity index is 1070. The molecular formula is C26H42N8O7. The molecule has 0 fully saturated rings. The summed E-state index contributed by atoms with van der Waals surface area (Å²) in [7, 11) is 0. The molecule has 0 saturated carbocycles. The Labute approximate surface area is 238 Å². The summed E-state index contributed by atoms with van der Waals surface area (Å²) in [4.78, 5) is 65.6. The van der Waals surface area contributed by atoms with Gasteiger partial charge in [0.1, 0.15) is 23.9 Å². The number of carboxylic acid groups (broad SMARTS) is 1. The topological polar surface area (TPSA) is 264 Å². The molecular weight excluding hydrogens is 536 g/mol. The van der Waals surface area contributed by atoms with Crippen molar-refractivity contribution in [1.82, 2.24) is 21.3 Å². The number of aliphatic carboxylic acids is 1. The predicted molar refractivity (Wildman–Crippen MR) is 151 cm³/mol. The van der Waals surface area contributed by atoms with Gasteiger partial charge in [0, 0.05) is 6.54 Å². The van der Waals surface area contributed by atoms with Crippen LogP contribution in [0.5, 0.6) is 5.75 Å². The van der Waals surface area contributed by atoms with Gasteiger partial charge in [-0.25, -0.2) is 4.79 Å². The number of carbonyl (C=O) groups is 5. The summed E-state index contributed by atoms with van der Waals surface area (Å²) in [5.74, 6) is -3.91. The largest absolute Gasteiger partial charge is 0.508 e. The molecule has 1 aromatic rings. The molecule has 4 amide bonds. The van der Waals surface area contributed by atoms with E-state index in [0.29, 0.717) is 6.42 Å². The van der Waals surface area contributed by atoms with Gasteiger partial charge in [0.15, 0.2) is 5.96 Å². The minimum absolute atomic E-state index is 0.0215. The number of hydrogen-bond acceptors (Lipinski definition) is 8. The summed E-state index contributed by atoms with van der Waals surface area (Å²) in [6.07, 6.45) is 0.773. The Morgan fingerprint density at radius 3 is 2.10 bits per heavy atom. The van der Waals surface area contributed by atoms with Crippen molar-refractivity contribution in [2.45, 2.75) is 70.6 Å². The van der Waals surface area contributed by atoms with E-state index in [1.807, 2.05) is 13.8 Å². The smallest absolute Gasteiger partial charge is 0.326 e. The van der Waals surface area contributed by atoms with Gasteiger partial charge in [-0.1, -0.05) is 26.0 Å². The first kappa shape index (κ1) is 34.6. The molecule has 1 rings (SSSR count). The molecule has 1 aromatic carbocycles. The molecule has 15 heteroatoms. The summed E-state index contributed by atoms with van der Waals surface area (Å²) in [5.41, 5.74) is 17.1. The van der Waals surface area contributed by atoms with E-state index in [9.17, 15) is 34.2 Å². The number of benzene rings is 1. The lowest BCUT2D eigenvalue weighted by Gasteiger charge is -2.23. The fraction of sp³-hybridized carbons (Fsp3) is 0.538. The van der Waals surface area contributed by atoms with Gasteiger partial charge in [-0.15, -0.1) is 0 Å². The molecule has 41 heavy (non-hydrogen) atoms. The second kappa shape index (κ2) is 17.3. The molecule has 0 aliphatic carbocycles. The molecule has 228 valence electrons. The fourth-order valence-electron chi connectivity index (χ4n) is 3.67. The Morgan fingerprint density at radius 2 is 1.54 bits per heavy atom. The number of rotatable bonds is 17. The molecule has 4 unspecified atom stereocenters. The van der Waals surface area contributed by atoms with E-state index >= 15 is 0 Å². The van der Waals surface area contributed by atoms with E-state index < -0.39 is 60.3 Å². The average molecular weight is 579 g/mol.